The average Bonchev–Trinajstić information content (AvgIpc) is 2.46. The molecule has 0 saturated heterocycles. The highest BCUT2D eigenvalue weighted by Gasteiger charge is 2.22. The van der Waals surface area contributed by atoms with Crippen molar-refractivity contribution >= 4 is 24.1 Å². The maximum atomic E-state index is 4.96. The van der Waals surface area contributed by atoms with Crippen LogP contribution in [0.15, 0.2) is 53.5 Å². The van der Waals surface area contributed by atoms with Gasteiger partial charge in [0.05, 0.1) is 0 Å². The van der Waals surface area contributed by atoms with E-state index in [1.807, 2.05) is 0 Å². The van der Waals surface area contributed by atoms with Crippen LogP contribution in [0.3, 0.4) is 0 Å². The molecular weight excluding hydrogens is 311 g/mol. The molecule has 0 amide bonds. The summed E-state index contributed by atoms with van der Waals surface area (Å²) in [6.07, 6.45) is 0. The molecule has 0 heterocycles. The van der Waals surface area contributed by atoms with E-state index in [0.29, 0.717) is 6.04 Å². The zero-order valence-corrected chi connectivity index (χ0v) is 16.6. The molecule has 2 rings (SSSR count). The standard InChI is InChI=1S/C21H29N2P/c1-15(2)22-21(23-16(3)4)24(19-11-7-9-17(5)13-19)20-12-8-10-18(6)14-20/h7-16H,1-6H3,(H,22,23). The van der Waals surface area contributed by atoms with Crippen LogP contribution in [0.25, 0.3) is 0 Å². The molecule has 0 aliphatic carbocycles. The van der Waals surface area contributed by atoms with E-state index in [1.54, 1.807) is 0 Å². The molecule has 0 bridgehead atoms. The quantitative estimate of drug-likeness (QED) is 0.484. The van der Waals surface area contributed by atoms with Crippen LogP contribution in [0.5, 0.6) is 0 Å². The molecule has 2 aromatic rings. The summed E-state index contributed by atoms with van der Waals surface area (Å²) in [7, 11) is -0.673. The minimum Gasteiger partial charge on any atom is -0.367 e. The number of nitrogens with one attached hydrogen (secondary N) is 1. The molecule has 0 radical (unpaired) electrons. The Bertz CT molecular complexity index is 659. The summed E-state index contributed by atoms with van der Waals surface area (Å²) >= 11 is 0. The second-order valence-electron chi connectivity index (χ2n) is 6.86. The number of amidine groups is 1. The van der Waals surface area contributed by atoms with Gasteiger partial charge in [-0.2, -0.15) is 0 Å². The molecule has 2 nitrogen and oxygen atoms in total. The SMILES string of the molecule is Cc1cccc(P(C(=NC(C)C)NC(C)C)c2cccc(C)c2)c1. The third-order valence-corrected chi connectivity index (χ3v) is 5.79. The van der Waals surface area contributed by atoms with Crippen LogP contribution in [0, 0.1) is 13.8 Å². The molecule has 128 valence electrons. The van der Waals surface area contributed by atoms with E-state index < -0.39 is 7.92 Å². The van der Waals surface area contributed by atoms with Crippen LogP contribution in [0.1, 0.15) is 38.8 Å². The van der Waals surface area contributed by atoms with E-state index >= 15 is 0 Å². The van der Waals surface area contributed by atoms with Gasteiger partial charge in [0.15, 0.2) is 0 Å². The lowest BCUT2D eigenvalue weighted by Gasteiger charge is -2.25. The van der Waals surface area contributed by atoms with Gasteiger partial charge >= 0.3 is 0 Å². The number of nitrogens with zero attached hydrogens (tertiary/aromatic N) is 1. The third-order valence-electron chi connectivity index (χ3n) is 3.53. The fourth-order valence-corrected chi connectivity index (χ4v) is 5.25. The number of aryl methyl sites for hydroxylation is 2. The molecular formula is C21H29N2P. The Morgan fingerprint density at radius 3 is 1.75 bits per heavy atom. The van der Waals surface area contributed by atoms with Crippen LogP contribution >= 0.6 is 7.92 Å². The zero-order chi connectivity index (χ0) is 17.7. The summed E-state index contributed by atoms with van der Waals surface area (Å²) in [6, 6.07) is 18.3. The molecule has 0 aliphatic heterocycles. The summed E-state index contributed by atoms with van der Waals surface area (Å²) in [6.45, 7) is 12.9. The van der Waals surface area contributed by atoms with Crippen molar-refractivity contribution in [1.82, 2.24) is 5.32 Å². The van der Waals surface area contributed by atoms with Gasteiger partial charge < -0.3 is 5.32 Å². The largest absolute Gasteiger partial charge is 0.367 e. The molecule has 0 atom stereocenters. The van der Waals surface area contributed by atoms with Gasteiger partial charge in [0, 0.05) is 20.0 Å². The third kappa shape index (κ3) is 5.18. The summed E-state index contributed by atoms with van der Waals surface area (Å²) < 4.78 is 0. The van der Waals surface area contributed by atoms with Gasteiger partial charge in [-0.05, 0) is 52.2 Å². The van der Waals surface area contributed by atoms with Crippen molar-refractivity contribution < 1.29 is 0 Å². The van der Waals surface area contributed by atoms with Crippen molar-refractivity contribution in [1.29, 1.82) is 0 Å². The maximum Gasteiger partial charge on any atom is 0.129 e. The van der Waals surface area contributed by atoms with E-state index in [0.717, 1.165) is 5.58 Å². The molecule has 24 heavy (non-hydrogen) atoms. The van der Waals surface area contributed by atoms with Crippen molar-refractivity contribution in [3.8, 4) is 0 Å². The van der Waals surface area contributed by atoms with Crippen molar-refractivity contribution in [2.45, 2.75) is 53.6 Å². The lowest BCUT2D eigenvalue weighted by molar-refractivity contribution is 0.727. The molecule has 0 unspecified atom stereocenters. The van der Waals surface area contributed by atoms with Crippen molar-refractivity contribution in [3.05, 3.63) is 59.7 Å². The second-order valence-corrected chi connectivity index (χ2v) is 8.99. The molecule has 0 saturated carbocycles. The number of aliphatic imine (C=N–C) groups is 1. The number of rotatable bonds is 5. The highest BCUT2D eigenvalue weighted by molar-refractivity contribution is 7.88. The molecule has 3 heteroatoms. The topological polar surface area (TPSA) is 24.4 Å². The zero-order valence-electron chi connectivity index (χ0n) is 15.7. The predicted molar refractivity (Wildman–Crippen MR) is 109 cm³/mol. The fraction of sp³-hybridized carbons (Fsp3) is 0.381. The Balaban J connectivity index is 2.60. The highest BCUT2D eigenvalue weighted by Crippen LogP contribution is 2.35. The van der Waals surface area contributed by atoms with Gasteiger partial charge in [0.25, 0.3) is 0 Å². The average molecular weight is 340 g/mol. The first kappa shape index (κ1) is 18.7. The van der Waals surface area contributed by atoms with Crippen molar-refractivity contribution in [2.24, 2.45) is 4.99 Å². The number of benzene rings is 2. The van der Waals surface area contributed by atoms with Gasteiger partial charge in [-0.15, -0.1) is 0 Å². The minimum atomic E-state index is -0.673. The number of hydrogen-bond donors (Lipinski definition) is 1. The van der Waals surface area contributed by atoms with Crippen LogP contribution in [-0.2, 0) is 0 Å². The van der Waals surface area contributed by atoms with Gasteiger partial charge in [0.1, 0.15) is 5.58 Å². The fourth-order valence-electron chi connectivity index (χ4n) is 2.59. The van der Waals surface area contributed by atoms with E-state index in [9.17, 15) is 0 Å². The minimum absolute atomic E-state index is 0.269. The van der Waals surface area contributed by atoms with E-state index in [-0.39, 0.29) is 6.04 Å². The first-order chi connectivity index (χ1) is 11.4. The van der Waals surface area contributed by atoms with Crippen LogP contribution < -0.4 is 15.9 Å². The monoisotopic (exact) mass is 340 g/mol. The predicted octanol–water partition coefficient (Wildman–Crippen LogP) is 4.50. The van der Waals surface area contributed by atoms with Gasteiger partial charge in [-0.1, -0.05) is 59.7 Å². The van der Waals surface area contributed by atoms with E-state index in [4.69, 9.17) is 4.99 Å². The van der Waals surface area contributed by atoms with Crippen molar-refractivity contribution in [2.75, 3.05) is 0 Å². The first-order valence-electron chi connectivity index (χ1n) is 8.64. The molecule has 0 spiro atoms. The molecule has 2 aromatic carbocycles. The highest BCUT2D eigenvalue weighted by atomic mass is 31.1. The van der Waals surface area contributed by atoms with Gasteiger partial charge in [-0.25, -0.2) is 0 Å². The lowest BCUT2D eigenvalue weighted by atomic mass is 10.2. The summed E-state index contributed by atoms with van der Waals surface area (Å²) in [5.74, 6) is 0. The summed E-state index contributed by atoms with van der Waals surface area (Å²) in [5, 5.41) is 6.33. The second kappa shape index (κ2) is 8.44. The Hall–Kier alpha value is -1.66. The van der Waals surface area contributed by atoms with Crippen LogP contribution in [-0.4, -0.2) is 17.7 Å². The smallest absolute Gasteiger partial charge is 0.129 e. The van der Waals surface area contributed by atoms with Crippen molar-refractivity contribution in [3.63, 3.8) is 0 Å². The summed E-state index contributed by atoms with van der Waals surface area (Å²) in [5.41, 5.74) is 3.70. The summed E-state index contributed by atoms with van der Waals surface area (Å²) in [4.78, 5) is 4.96. The van der Waals surface area contributed by atoms with E-state index in [2.05, 4.69) is 95.4 Å². The van der Waals surface area contributed by atoms with Crippen LogP contribution in [0.2, 0.25) is 0 Å². The molecule has 1 N–H and O–H groups in total. The first-order valence-corrected chi connectivity index (χ1v) is 9.99. The Morgan fingerprint density at radius 2 is 1.38 bits per heavy atom. The Labute approximate surface area is 148 Å². The molecule has 0 aliphatic rings. The van der Waals surface area contributed by atoms with Gasteiger partial charge in [-0.3, -0.25) is 4.99 Å². The lowest BCUT2D eigenvalue weighted by Crippen LogP contribution is -2.35. The normalized spacial score (nSPS) is 12.3. The number of hydrogen-bond acceptors (Lipinski definition) is 1. The molecule has 0 aromatic heterocycles. The molecule has 0 fully saturated rings. The van der Waals surface area contributed by atoms with E-state index in [1.165, 1.54) is 21.7 Å². The Kier molecular flexibility index (Phi) is 6.57. The Morgan fingerprint density at radius 1 is 0.875 bits per heavy atom. The van der Waals surface area contributed by atoms with Gasteiger partial charge in [0.2, 0.25) is 0 Å². The maximum absolute atomic E-state index is 4.96. The van der Waals surface area contributed by atoms with Crippen LogP contribution in [0.4, 0.5) is 0 Å².